The number of piperidine rings is 1. The first-order chi connectivity index (χ1) is 8.55. The average Bonchev–Trinajstić information content (AvgIpc) is 2.39. The molecule has 0 amide bonds. The molecule has 0 aromatic heterocycles. The highest BCUT2D eigenvalue weighted by atomic mass is 19.3. The molecular formula is C15H27F2N. The van der Waals surface area contributed by atoms with Gasteiger partial charge in [-0.15, -0.1) is 0 Å². The van der Waals surface area contributed by atoms with E-state index in [-0.39, 0.29) is 12.8 Å². The molecule has 18 heavy (non-hydrogen) atoms. The maximum absolute atomic E-state index is 13.2. The van der Waals surface area contributed by atoms with Crippen LogP contribution >= 0.6 is 0 Å². The molecule has 0 aromatic carbocycles. The molecular weight excluding hydrogens is 232 g/mol. The van der Waals surface area contributed by atoms with Gasteiger partial charge in [-0.2, -0.15) is 0 Å². The van der Waals surface area contributed by atoms with Gasteiger partial charge < -0.3 is 5.32 Å². The highest BCUT2D eigenvalue weighted by molar-refractivity contribution is 4.89. The van der Waals surface area contributed by atoms with Gasteiger partial charge in [0, 0.05) is 12.8 Å². The van der Waals surface area contributed by atoms with Crippen molar-refractivity contribution in [2.45, 2.75) is 70.6 Å². The second-order valence-corrected chi connectivity index (χ2v) is 6.44. The minimum atomic E-state index is -2.43. The summed E-state index contributed by atoms with van der Waals surface area (Å²) in [6.45, 7) is 3.89. The zero-order valence-electron chi connectivity index (χ0n) is 11.6. The van der Waals surface area contributed by atoms with Crippen molar-refractivity contribution in [2.75, 3.05) is 13.1 Å². The zero-order chi connectivity index (χ0) is 13.1. The van der Waals surface area contributed by atoms with E-state index in [0.717, 1.165) is 19.5 Å². The molecule has 1 N–H and O–H groups in total. The fraction of sp³-hybridized carbons (Fsp3) is 1.00. The van der Waals surface area contributed by atoms with Crippen LogP contribution in [0.2, 0.25) is 0 Å². The minimum Gasteiger partial charge on any atom is -0.317 e. The molecule has 1 aliphatic carbocycles. The van der Waals surface area contributed by atoms with Gasteiger partial charge in [-0.3, -0.25) is 0 Å². The van der Waals surface area contributed by atoms with Crippen LogP contribution in [0.25, 0.3) is 0 Å². The van der Waals surface area contributed by atoms with Gasteiger partial charge in [0.05, 0.1) is 0 Å². The van der Waals surface area contributed by atoms with Gasteiger partial charge in [0.25, 0.3) is 0 Å². The third kappa shape index (κ3) is 3.66. The molecule has 1 saturated carbocycles. The summed E-state index contributed by atoms with van der Waals surface area (Å²) in [6, 6.07) is 0. The van der Waals surface area contributed by atoms with E-state index in [1.165, 1.54) is 38.5 Å². The largest absolute Gasteiger partial charge is 0.317 e. The fourth-order valence-corrected chi connectivity index (χ4v) is 3.63. The summed E-state index contributed by atoms with van der Waals surface area (Å²) in [5.74, 6) is -1.87. The molecule has 1 saturated heterocycles. The third-order valence-electron chi connectivity index (χ3n) is 5.27. The Balaban J connectivity index is 1.73. The normalized spacial score (nSPS) is 25.5. The Morgan fingerprint density at radius 2 is 1.72 bits per heavy atom. The van der Waals surface area contributed by atoms with Crippen LogP contribution in [0.4, 0.5) is 8.78 Å². The highest BCUT2D eigenvalue weighted by Gasteiger charge is 2.37. The van der Waals surface area contributed by atoms with E-state index in [1.54, 1.807) is 6.92 Å². The average molecular weight is 259 g/mol. The lowest BCUT2D eigenvalue weighted by atomic mass is 9.65. The molecule has 0 aromatic rings. The Hall–Kier alpha value is -0.180. The van der Waals surface area contributed by atoms with Crippen LogP contribution < -0.4 is 5.32 Å². The predicted molar refractivity (Wildman–Crippen MR) is 71.0 cm³/mol. The van der Waals surface area contributed by atoms with E-state index >= 15 is 0 Å². The Morgan fingerprint density at radius 1 is 1.11 bits per heavy atom. The Kier molecular flexibility index (Phi) is 4.63. The van der Waals surface area contributed by atoms with Crippen molar-refractivity contribution >= 4 is 0 Å². The van der Waals surface area contributed by atoms with Gasteiger partial charge in [0.15, 0.2) is 0 Å². The molecule has 1 aliphatic heterocycles. The number of nitrogens with one attached hydrogen (secondary N) is 1. The predicted octanol–water partition coefficient (Wildman–Crippen LogP) is 4.37. The second kappa shape index (κ2) is 5.85. The number of halogens is 2. The standard InChI is InChI=1S/C15H27F2N/c1-2-15(16,17)8-5-13-3-6-14(7-4-13)9-11-18-12-10-14/h13,18H,2-12H2,1H3. The molecule has 1 nitrogen and oxygen atoms in total. The first kappa shape index (κ1) is 14.2. The number of hydrogen-bond acceptors (Lipinski definition) is 1. The lowest BCUT2D eigenvalue weighted by Crippen LogP contribution is -2.39. The van der Waals surface area contributed by atoms with Gasteiger partial charge in [0.2, 0.25) is 5.92 Å². The second-order valence-electron chi connectivity index (χ2n) is 6.44. The smallest absolute Gasteiger partial charge is 0.247 e. The molecule has 3 heteroatoms. The molecule has 1 heterocycles. The molecule has 0 atom stereocenters. The molecule has 0 radical (unpaired) electrons. The molecule has 2 rings (SSSR count). The van der Waals surface area contributed by atoms with E-state index in [9.17, 15) is 8.78 Å². The third-order valence-corrected chi connectivity index (χ3v) is 5.27. The van der Waals surface area contributed by atoms with Crippen LogP contribution in [0.15, 0.2) is 0 Å². The molecule has 106 valence electrons. The summed E-state index contributed by atoms with van der Waals surface area (Å²) in [5, 5.41) is 3.42. The first-order valence-electron chi connectivity index (χ1n) is 7.64. The van der Waals surface area contributed by atoms with Crippen LogP contribution in [0.1, 0.15) is 64.7 Å². The van der Waals surface area contributed by atoms with Crippen molar-refractivity contribution in [3.63, 3.8) is 0 Å². The molecule has 0 unspecified atom stereocenters. The van der Waals surface area contributed by atoms with Crippen molar-refractivity contribution in [3.05, 3.63) is 0 Å². The molecule has 2 aliphatic rings. The number of alkyl halides is 2. The van der Waals surface area contributed by atoms with Gasteiger partial charge in [-0.1, -0.05) is 6.92 Å². The van der Waals surface area contributed by atoms with E-state index in [0.29, 0.717) is 11.3 Å². The van der Waals surface area contributed by atoms with Crippen LogP contribution in [0.5, 0.6) is 0 Å². The molecule has 1 spiro atoms. The first-order valence-corrected chi connectivity index (χ1v) is 7.64. The zero-order valence-corrected chi connectivity index (χ0v) is 11.6. The van der Waals surface area contributed by atoms with Crippen molar-refractivity contribution in [3.8, 4) is 0 Å². The highest BCUT2D eigenvalue weighted by Crippen LogP contribution is 2.46. The summed E-state index contributed by atoms with van der Waals surface area (Å²) in [5.41, 5.74) is 0.565. The van der Waals surface area contributed by atoms with Gasteiger partial charge in [-0.25, -0.2) is 8.78 Å². The van der Waals surface area contributed by atoms with Crippen molar-refractivity contribution < 1.29 is 8.78 Å². The van der Waals surface area contributed by atoms with Crippen LogP contribution in [-0.2, 0) is 0 Å². The van der Waals surface area contributed by atoms with E-state index < -0.39 is 5.92 Å². The van der Waals surface area contributed by atoms with Gasteiger partial charge in [0.1, 0.15) is 0 Å². The van der Waals surface area contributed by atoms with Gasteiger partial charge in [-0.05, 0) is 69.4 Å². The quantitative estimate of drug-likeness (QED) is 0.790. The Morgan fingerprint density at radius 3 is 2.28 bits per heavy atom. The maximum atomic E-state index is 13.2. The lowest BCUT2D eigenvalue weighted by molar-refractivity contribution is -0.0208. The maximum Gasteiger partial charge on any atom is 0.247 e. The fourth-order valence-electron chi connectivity index (χ4n) is 3.63. The van der Waals surface area contributed by atoms with Crippen LogP contribution in [0.3, 0.4) is 0 Å². The number of hydrogen-bond donors (Lipinski definition) is 1. The Labute approximate surface area is 110 Å². The molecule has 2 fully saturated rings. The van der Waals surface area contributed by atoms with Crippen LogP contribution in [-0.4, -0.2) is 19.0 Å². The van der Waals surface area contributed by atoms with E-state index in [1.807, 2.05) is 0 Å². The Bertz CT molecular complexity index is 249. The SMILES string of the molecule is CCC(F)(F)CCC1CCC2(CCNCC2)CC1. The van der Waals surface area contributed by atoms with Crippen LogP contribution in [0, 0.1) is 11.3 Å². The van der Waals surface area contributed by atoms with E-state index in [2.05, 4.69) is 5.32 Å². The summed E-state index contributed by atoms with van der Waals surface area (Å²) in [4.78, 5) is 0. The minimum absolute atomic E-state index is 0.00464. The topological polar surface area (TPSA) is 12.0 Å². The molecule has 0 bridgehead atoms. The van der Waals surface area contributed by atoms with Crippen molar-refractivity contribution in [2.24, 2.45) is 11.3 Å². The monoisotopic (exact) mass is 259 g/mol. The summed E-state index contributed by atoms with van der Waals surface area (Å²) in [7, 11) is 0. The van der Waals surface area contributed by atoms with Crippen molar-refractivity contribution in [1.82, 2.24) is 5.32 Å². The van der Waals surface area contributed by atoms with Gasteiger partial charge >= 0.3 is 0 Å². The summed E-state index contributed by atoms with van der Waals surface area (Å²) < 4.78 is 26.5. The summed E-state index contributed by atoms with van der Waals surface area (Å²) >= 11 is 0. The lowest BCUT2D eigenvalue weighted by Gasteiger charge is -2.43. The van der Waals surface area contributed by atoms with Crippen molar-refractivity contribution in [1.29, 1.82) is 0 Å². The van der Waals surface area contributed by atoms with E-state index in [4.69, 9.17) is 0 Å². The summed E-state index contributed by atoms with van der Waals surface area (Å²) in [6.07, 6.45) is 8.33. The number of rotatable bonds is 4.